The first-order valence-corrected chi connectivity index (χ1v) is 8.21. The molecule has 1 aromatic rings. The molecule has 1 aromatic heterocycles. The van der Waals surface area contributed by atoms with Crippen LogP contribution >= 0.6 is 0 Å². The fraction of sp³-hybridized carbons (Fsp3) is 0.706. The van der Waals surface area contributed by atoms with E-state index in [1.165, 1.54) is 44.7 Å². The predicted octanol–water partition coefficient (Wildman–Crippen LogP) is 4.94. The highest BCUT2D eigenvalue weighted by Gasteiger charge is 2.15. The minimum atomic E-state index is -0.579. The van der Waals surface area contributed by atoms with Crippen molar-refractivity contribution in [2.45, 2.75) is 71.8 Å². The second-order valence-electron chi connectivity index (χ2n) is 5.45. The summed E-state index contributed by atoms with van der Waals surface area (Å²) >= 11 is 0. The number of hydrogen-bond acceptors (Lipinski definition) is 2. The molecular weight excluding hydrogens is 269 g/mol. The van der Waals surface area contributed by atoms with Crippen LogP contribution in [0.15, 0.2) is 12.4 Å². The first-order chi connectivity index (χ1) is 10.2. The largest absolute Gasteiger partial charge is 0.462 e. The molecule has 0 radical (unpaired) electrons. The van der Waals surface area contributed by atoms with Gasteiger partial charge < -0.3 is 9.30 Å². The average molecular weight is 297 g/mol. The number of aromatic nitrogens is 1. The van der Waals surface area contributed by atoms with Gasteiger partial charge in [-0.3, -0.25) is 0 Å². The van der Waals surface area contributed by atoms with Gasteiger partial charge >= 0.3 is 5.97 Å². The summed E-state index contributed by atoms with van der Waals surface area (Å²) in [7, 11) is 0. The molecule has 0 spiro atoms. The lowest BCUT2D eigenvalue weighted by Crippen LogP contribution is -2.05. The Hall–Kier alpha value is -1.32. The highest BCUT2D eigenvalue weighted by molar-refractivity contribution is 5.89. The van der Waals surface area contributed by atoms with E-state index in [2.05, 4.69) is 6.92 Å². The highest BCUT2D eigenvalue weighted by Crippen LogP contribution is 2.13. The number of carbonyl (C=O) groups is 1. The number of ether oxygens (including phenoxy) is 1. The lowest BCUT2D eigenvalue weighted by Gasteiger charge is -2.03. The van der Waals surface area contributed by atoms with Crippen molar-refractivity contribution in [3.63, 3.8) is 0 Å². The first kappa shape index (κ1) is 17.7. The number of rotatable bonds is 11. The summed E-state index contributed by atoms with van der Waals surface area (Å²) in [5, 5.41) is 0. The fourth-order valence-corrected chi connectivity index (χ4v) is 2.40. The third-order valence-electron chi connectivity index (χ3n) is 3.60. The molecule has 4 heteroatoms. The zero-order valence-corrected chi connectivity index (χ0v) is 13.4. The molecule has 0 aliphatic rings. The molecule has 0 saturated heterocycles. The predicted molar refractivity (Wildman–Crippen MR) is 83.0 cm³/mol. The molecule has 0 fully saturated rings. The number of carbonyl (C=O) groups excluding carboxylic acids is 1. The van der Waals surface area contributed by atoms with Crippen molar-refractivity contribution in [3.8, 4) is 0 Å². The Bertz CT molecular complexity index is 415. The number of unbranched alkanes of at least 4 members (excludes halogenated alkanes) is 7. The van der Waals surface area contributed by atoms with Gasteiger partial charge in [0, 0.05) is 18.9 Å². The van der Waals surface area contributed by atoms with E-state index in [1.807, 2.05) is 0 Å². The SMILES string of the molecule is CCCCCCCCCCn1cc(F)c(C(=O)OCC)c1. The van der Waals surface area contributed by atoms with E-state index in [-0.39, 0.29) is 12.2 Å². The van der Waals surface area contributed by atoms with Crippen molar-refractivity contribution in [1.82, 2.24) is 4.57 Å². The maximum atomic E-state index is 13.6. The normalized spacial score (nSPS) is 10.8. The summed E-state index contributed by atoms with van der Waals surface area (Å²) in [5.74, 6) is -1.07. The topological polar surface area (TPSA) is 31.2 Å². The zero-order valence-electron chi connectivity index (χ0n) is 13.4. The summed E-state index contributed by atoms with van der Waals surface area (Å²) < 4.78 is 20.2. The van der Waals surface area contributed by atoms with Crippen molar-refractivity contribution in [2.24, 2.45) is 0 Å². The maximum Gasteiger partial charge on any atom is 0.342 e. The first-order valence-electron chi connectivity index (χ1n) is 8.21. The summed E-state index contributed by atoms with van der Waals surface area (Å²) in [6, 6.07) is 0. The Kier molecular flexibility index (Phi) is 8.79. The summed E-state index contributed by atoms with van der Waals surface area (Å²) in [5.41, 5.74) is 0.0383. The molecule has 120 valence electrons. The van der Waals surface area contributed by atoms with E-state index >= 15 is 0 Å². The van der Waals surface area contributed by atoms with Gasteiger partial charge in [0.1, 0.15) is 5.56 Å². The third kappa shape index (κ3) is 6.78. The van der Waals surface area contributed by atoms with Gasteiger partial charge in [-0.25, -0.2) is 9.18 Å². The summed E-state index contributed by atoms with van der Waals surface area (Å²) in [6.07, 6.45) is 12.9. The van der Waals surface area contributed by atoms with Crippen LogP contribution in [0.1, 0.15) is 75.6 Å². The van der Waals surface area contributed by atoms with Crippen LogP contribution in [-0.2, 0) is 11.3 Å². The van der Waals surface area contributed by atoms with Gasteiger partial charge in [-0.05, 0) is 13.3 Å². The number of nitrogens with zero attached hydrogens (tertiary/aromatic N) is 1. The Balaban J connectivity index is 2.21. The van der Waals surface area contributed by atoms with Crippen LogP contribution in [0.2, 0.25) is 0 Å². The molecule has 21 heavy (non-hydrogen) atoms. The molecule has 1 rings (SSSR count). The lowest BCUT2D eigenvalue weighted by atomic mass is 10.1. The summed E-state index contributed by atoms with van der Waals surface area (Å²) in [6.45, 7) is 4.96. The van der Waals surface area contributed by atoms with Gasteiger partial charge in [0.2, 0.25) is 0 Å². The van der Waals surface area contributed by atoms with E-state index in [1.54, 1.807) is 17.7 Å². The van der Waals surface area contributed by atoms with E-state index in [4.69, 9.17) is 4.74 Å². The van der Waals surface area contributed by atoms with E-state index in [0.717, 1.165) is 19.4 Å². The smallest absolute Gasteiger partial charge is 0.342 e. The second kappa shape index (κ2) is 10.4. The van der Waals surface area contributed by atoms with Gasteiger partial charge in [0.05, 0.1) is 6.61 Å². The van der Waals surface area contributed by atoms with Crippen LogP contribution < -0.4 is 0 Å². The summed E-state index contributed by atoms with van der Waals surface area (Å²) in [4.78, 5) is 11.5. The van der Waals surface area contributed by atoms with Crippen molar-refractivity contribution < 1.29 is 13.9 Å². The van der Waals surface area contributed by atoms with Crippen LogP contribution in [0.5, 0.6) is 0 Å². The lowest BCUT2D eigenvalue weighted by molar-refractivity contribution is 0.0521. The van der Waals surface area contributed by atoms with Gasteiger partial charge in [0.15, 0.2) is 5.82 Å². The van der Waals surface area contributed by atoms with Crippen molar-refractivity contribution in [1.29, 1.82) is 0 Å². The monoisotopic (exact) mass is 297 g/mol. The number of aryl methyl sites for hydroxylation is 1. The molecule has 0 aromatic carbocycles. The molecule has 0 unspecified atom stereocenters. The van der Waals surface area contributed by atoms with Crippen LogP contribution in [0, 0.1) is 5.82 Å². The zero-order chi connectivity index (χ0) is 15.5. The van der Waals surface area contributed by atoms with Gasteiger partial charge in [-0.1, -0.05) is 51.9 Å². The number of halogens is 1. The molecule has 1 heterocycles. The number of hydrogen-bond donors (Lipinski definition) is 0. The Morgan fingerprint density at radius 2 is 1.67 bits per heavy atom. The second-order valence-corrected chi connectivity index (χ2v) is 5.45. The van der Waals surface area contributed by atoms with Gasteiger partial charge in [-0.15, -0.1) is 0 Å². The van der Waals surface area contributed by atoms with Gasteiger partial charge in [-0.2, -0.15) is 0 Å². The molecule has 0 aliphatic heterocycles. The van der Waals surface area contributed by atoms with Crippen LogP contribution in [-0.4, -0.2) is 17.1 Å². The van der Waals surface area contributed by atoms with Crippen molar-refractivity contribution in [3.05, 3.63) is 23.8 Å². The minimum absolute atomic E-state index is 0.0383. The molecule has 0 bridgehead atoms. The van der Waals surface area contributed by atoms with Crippen LogP contribution in [0.3, 0.4) is 0 Å². The minimum Gasteiger partial charge on any atom is -0.462 e. The van der Waals surface area contributed by atoms with E-state index < -0.39 is 11.8 Å². The molecule has 0 aliphatic carbocycles. The molecule has 0 saturated carbocycles. The Labute approximate surface area is 127 Å². The fourth-order valence-electron chi connectivity index (χ4n) is 2.40. The van der Waals surface area contributed by atoms with Gasteiger partial charge in [0.25, 0.3) is 0 Å². The van der Waals surface area contributed by atoms with E-state index in [0.29, 0.717) is 0 Å². The molecule has 3 nitrogen and oxygen atoms in total. The van der Waals surface area contributed by atoms with Crippen molar-refractivity contribution >= 4 is 5.97 Å². The van der Waals surface area contributed by atoms with Crippen molar-refractivity contribution in [2.75, 3.05) is 6.61 Å². The molecular formula is C17H28FNO2. The van der Waals surface area contributed by atoms with Crippen LogP contribution in [0.4, 0.5) is 4.39 Å². The molecule has 0 amide bonds. The molecule has 0 N–H and O–H groups in total. The maximum absolute atomic E-state index is 13.6. The average Bonchev–Trinajstić information content (AvgIpc) is 2.83. The quantitative estimate of drug-likeness (QED) is 0.427. The van der Waals surface area contributed by atoms with Crippen LogP contribution in [0.25, 0.3) is 0 Å². The number of esters is 1. The van der Waals surface area contributed by atoms with E-state index in [9.17, 15) is 9.18 Å². The highest BCUT2D eigenvalue weighted by atomic mass is 19.1. The third-order valence-corrected chi connectivity index (χ3v) is 3.60. The Morgan fingerprint density at radius 1 is 1.05 bits per heavy atom. The molecule has 0 atom stereocenters. The Morgan fingerprint density at radius 3 is 2.29 bits per heavy atom. The standard InChI is InChI=1S/C17H28FNO2/c1-3-5-6-7-8-9-10-11-12-19-13-15(16(18)14-19)17(20)21-4-2/h13-14H,3-12H2,1-2H3.